The first kappa shape index (κ1) is 19.6. The third kappa shape index (κ3) is 3.87. The number of fused-ring (bicyclic) bond motifs is 2. The van der Waals surface area contributed by atoms with E-state index in [4.69, 9.17) is 9.72 Å². The number of ether oxygens (including phenoxy) is 1. The number of carbonyl (C=O) groups excluding carboxylic acids is 2. The van der Waals surface area contributed by atoms with Crippen LogP contribution in [0.1, 0.15) is 36.6 Å². The number of anilines is 1. The van der Waals surface area contributed by atoms with Gasteiger partial charge >= 0.3 is 0 Å². The van der Waals surface area contributed by atoms with E-state index in [1.165, 1.54) is 5.56 Å². The molecule has 1 fully saturated rings. The Morgan fingerprint density at radius 1 is 1.26 bits per heavy atom. The maximum Gasteiger partial charge on any atom is 0.242 e. The van der Waals surface area contributed by atoms with Crippen LogP contribution in [0, 0.1) is 6.92 Å². The number of para-hydroxylation sites is 2. The molecule has 160 valence electrons. The highest BCUT2D eigenvalue weighted by molar-refractivity contribution is 6.00. The molecule has 31 heavy (non-hydrogen) atoms. The summed E-state index contributed by atoms with van der Waals surface area (Å²) in [5.74, 6) is 1.63. The van der Waals surface area contributed by atoms with E-state index in [1.54, 1.807) is 4.90 Å². The van der Waals surface area contributed by atoms with Crippen molar-refractivity contribution in [2.24, 2.45) is 0 Å². The van der Waals surface area contributed by atoms with Crippen LogP contribution in [0.5, 0.6) is 5.75 Å². The molecule has 2 aromatic carbocycles. The van der Waals surface area contributed by atoms with Crippen LogP contribution in [0.25, 0.3) is 11.0 Å². The zero-order valence-corrected chi connectivity index (χ0v) is 17.6. The minimum Gasteiger partial charge on any atom is -0.491 e. The van der Waals surface area contributed by atoms with Crippen LogP contribution in [0.15, 0.2) is 42.5 Å². The quantitative estimate of drug-likeness (QED) is 0.707. The number of carbonyl (C=O) groups is 2. The van der Waals surface area contributed by atoms with Crippen LogP contribution < -0.4 is 9.64 Å². The lowest BCUT2D eigenvalue weighted by Crippen LogP contribution is -2.46. The summed E-state index contributed by atoms with van der Waals surface area (Å²) in [4.78, 5) is 37.5. The average Bonchev–Trinajstić information content (AvgIpc) is 3.14. The van der Waals surface area contributed by atoms with Crippen molar-refractivity contribution in [1.29, 1.82) is 0 Å². The van der Waals surface area contributed by atoms with Crippen molar-refractivity contribution in [1.82, 2.24) is 14.9 Å². The number of H-pyrrole nitrogens is 1. The van der Waals surface area contributed by atoms with Gasteiger partial charge in [0.2, 0.25) is 11.8 Å². The highest BCUT2D eigenvalue weighted by Crippen LogP contribution is 2.32. The van der Waals surface area contributed by atoms with E-state index in [-0.39, 0.29) is 30.7 Å². The van der Waals surface area contributed by atoms with Gasteiger partial charge in [-0.05, 0) is 49.6 Å². The van der Waals surface area contributed by atoms with Gasteiger partial charge in [-0.3, -0.25) is 14.5 Å². The number of piperidine rings is 1. The molecule has 5 rings (SSSR count). The summed E-state index contributed by atoms with van der Waals surface area (Å²) in [5.41, 5.74) is 3.84. The van der Waals surface area contributed by atoms with Gasteiger partial charge in [-0.15, -0.1) is 0 Å². The van der Waals surface area contributed by atoms with E-state index < -0.39 is 0 Å². The second-order valence-corrected chi connectivity index (χ2v) is 8.37. The number of hydrogen-bond donors (Lipinski definition) is 1. The van der Waals surface area contributed by atoms with Gasteiger partial charge in [0.15, 0.2) is 0 Å². The van der Waals surface area contributed by atoms with Crippen molar-refractivity contribution >= 4 is 28.5 Å². The fourth-order valence-corrected chi connectivity index (χ4v) is 4.49. The molecule has 0 bridgehead atoms. The second kappa shape index (κ2) is 8.06. The van der Waals surface area contributed by atoms with E-state index >= 15 is 0 Å². The van der Waals surface area contributed by atoms with Crippen molar-refractivity contribution in [3.05, 3.63) is 53.9 Å². The minimum absolute atomic E-state index is 0.0330. The zero-order chi connectivity index (χ0) is 21.4. The smallest absolute Gasteiger partial charge is 0.242 e. The number of aromatic amines is 1. The van der Waals surface area contributed by atoms with Gasteiger partial charge in [0.1, 0.15) is 18.1 Å². The molecule has 1 atom stereocenters. The van der Waals surface area contributed by atoms with Crippen LogP contribution in [-0.4, -0.2) is 52.9 Å². The van der Waals surface area contributed by atoms with Gasteiger partial charge in [-0.25, -0.2) is 4.98 Å². The van der Waals surface area contributed by atoms with Gasteiger partial charge in [0.25, 0.3) is 0 Å². The lowest BCUT2D eigenvalue weighted by Gasteiger charge is -2.33. The maximum atomic E-state index is 13.2. The highest BCUT2D eigenvalue weighted by atomic mass is 16.5. The van der Waals surface area contributed by atoms with Crippen LogP contribution >= 0.6 is 0 Å². The number of nitrogens with zero attached hydrogens (tertiary/aromatic N) is 3. The molecule has 2 aliphatic rings. The summed E-state index contributed by atoms with van der Waals surface area (Å²) in [6.45, 7) is 3.74. The Kier molecular flexibility index (Phi) is 5.10. The predicted molar refractivity (Wildman–Crippen MR) is 118 cm³/mol. The Morgan fingerprint density at radius 3 is 3.03 bits per heavy atom. The molecule has 1 saturated heterocycles. The Bertz CT molecular complexity index is 1140. The number of nitrogens with one attached hydrogen (secondary N) is 1. The molecule has 7 nitrogen and oxygen atoms in total. The van der Waals surface area contributed by atoms with Gasteiger partial charge in [-0.2, -0.15) is 0 Å². The number of aromatic nitrogens is 2. The molecule has 0 saturated carbocycles. The first-order valence-corrected chi connectivity index (χ1v) is 10.8. The summed E-state index contributed by atoms with van der Waals surface area (Å²) < 4.78 is 5.69. The number of benzene rings is 2. The molecule has 2 aliphatic heterocycles. The van der Waals surface area contributed by atoms with Crippen molar-refractivity contribution in [3.8, 4) is 5.75 Å². The number of imidazole rings is 1. The predicted octanol–water partition coefficient (Wildman–Crippen LogP) is 3.39. The first-order chi connectivity index (χ1) is 15.1. The Labute approximate surface area is 181 Å². The van der Waals surface area contributed by atoms with E-state index in [0.717, 1.165) is 29.7 Å². The largest absolute Gasteiger partial charge is 0.491 e. The maximum absolute atomic E-state index is 13.2. The molecule has 3 aromatic rings. The lowest BCUT2D eigenvalue weighted by atomic mass is 9.97. The zero-order valence-electron chi connectivity index (χ0n) is 17.6. The topological polar surface area (TPSA) is 78.5 Å². The Balaban J connectivity index is 1.33. The van der Waals surface area contributed by atoms with E-state index in [1.807, 2.05) is 35.2 Å². The van der Waals surface area contributed by atoms with Crippen LogP contribution in [-0.2, 0) is 9.59 Å². The summed E-state index contributed by atoms with van der Waals surface area (Å²) in [7, 11) is 0. The molecule has 2 amide bonds. The number of rotatable bonds is 3. The number of hydrogen-bond acceptors (Lipinski definition) is 4. The van der Waals surface area contributed by atoms with Crippen molar-refractivity contribution in [2.75, 3.05) is 31.1 Å². The van der Waals surface area contributed by atoms with E-state index in [0.29, 0.717) is 31.1 Å². The summed E-state index contributed by atoms with van der Waals surface area (Å²) in [6.07, 6.45) is 2.17. The molecule has 0 radical (unpaired) electrons. The molecule has 1 unspecified atom stereocenters. The molecule has 1 N–H and O–H groups in total. The number of amides is 2. The second-order valence-electron chi connectivity index (χ2n) is 8.37. The van der Waals surface area contributed by atoms with Crippen molar-refractivity contribution in [3.63, 3.8) is 0 Å². The van der Waals surface area contributed by atoms with E-state index in [2.05, 4.69) is 24.0 Å². The average molecular weight is 418 g/mol. The SMILES string of the molecule is Cc1ccc2nc(C3CCCN(C(=O)CN4C(=O)CCOc5ccccc54)C3)[nH]c2c1. The lowest BCUT2D eigenvalue weighted by molar-refractivity contribution is -0.132. The summed E-state index contributed by atoms with van der Waals surface area (Å²) >= 11 is 0. The Hall–Kier alpha value is -3.35. The third-order valence-corrected chi connectivity index (χ3v) is 6.14. The van der Waals surface area contributed by atoms with Gasteiger partial charge in [-0.1, -0.05) is 18.2 Å². The molecule has 0 aliphatic carbocycles. The third-order valence-electron chi connectivity index (χ3n) is 6.14. The minimum atomic E-state index is -0.0838. The first-order valence-electron chi connectivity index (χ1n) is 10.8. The standard InChI is InChI=1S/C24H26N4O3/c1-16-8-9-18-19(13-16)26-24(25-18)17-5-4-11-27(14-17)23(30)15-28-20-6-2-3-7-21(20)31-12-10-22(28)29/h2-3,6-9,13,17H,4-5,10-12,14-15H2,1H3,(H,25,26). The van der Waals surface area contributed by atoms with Crippen LogP contribution in [0.2, 0.25) is 0 Å². The van der Waals surface area contributed by atoms with Gasteiger partial charge < -0.3 is 14.6 Å². The molecule has 0 spiro atoms. The Morgan fingerprint density at radius 2 is 2.13 bits per heavy atom. The molecule has 3 heterocycles. The van der Waals surface area contributed by atoms with Crippen molar-refractivity contribution < 1.29 is 14.3 Å². The fraction of sp³-hybridized carbons (Fsp3) is 0.375. The van der Waals surface area contributed by atoms with Crippen molar-refractivity contribution in [2.45, 2.75) is 32.1 Å². The molecular formula is C24H26N4O3. The molecular weight excluding hydrogens is 392 g/mol. The van der Waals surface area contributed by atoms with Crippen LogP contribution in [0.4, 0.5) is 5.69 Å². The van der Waals surface area contributed by atoms with E-state index in [9.17, 15) is 9.59 Å². The highest BCUT2D eigenvalue weighted by Gasteiger charge is 2.30. The summed E-state index contributed by atoms with van der Waals surface area (Å²) in [5, 5.41) is 0. The van der Waals surface area contributed by atoms with Gasteiger partial charge in [0.05, 0.1) is 29.7 Å². The molecule has 1 aromatic heterocycles. The molecule has 7 heteroatoms. The fourth-order valence-electron chi connectivity index (χ4n) is 4.49. The summed E-state index contributed by atoms with van der Waals surface area (Å²) in [6, 6.07) is 13.6. The number of aryl methyl sites for hydroxylation is 1. The van der Waals surface area contributed by atoms with Crippen LogP contribution in [0.3, 0.4) is 0 Å². The van der Waals surface area contributed by atoms with Gasteiger partial charge in [0, 0.05) is 19.0 Å². The monoisotopic (exact) mass is 418 g/mol. The normalized spacial score (nSPS) is 19.1. The number of likely N-dealkylation sites (tertiary alicyclic amines) is 1.